The van der Waals surface area contributed by atoms with Gasteiger partial charge in [-0.2, -0.15) is 0 Å². The first-order chi connectivity index (χ1) is 14.9. The highest BCUT2D eigenvalue weighted by atomic mass is 16.5. The quantitative estimate of drug-likeness (QED) is 0.695. The number of likely N-dealkylation sites (N-methyl/N-ethyl adjacent to an activating group) is 1. The van der Waals surface area contributed by atoms with Crippen molar-refractivity contribution in [1.82, 2.24) is 9.80 Å². The number of carbonyl (C=O) groups excluding carboxylic acids is 2. The first kappa shape index (κ1) is 23.8. The average Bonchev–Trinajstić information content (AvgIpc) is 2.79. The molecule has 2 aromatic carbocycles. The molecule has 0 saturated heterocycles. The molecule has 1 heterocycles. The van der Waals surface area contributed by atoms with E-state index in [2.05, 4.69) is 23.5 Å². The van der Waals surface area contributed by atoms with Gasteiger partial charge in [0.25, 0.3) is 0 Å². The Morgan fingerprint density at radius 2 is 1.94 bits per heavy atom. The number of anilines is 1. The lowest BCUT2D eigenvalue weighted by molar-refractivity contribution is -0.136. The predicted octanol–water partition coefficient (Wildman–Crippen LogP) is 3.22. The van der Waals surface area contributed by atoms with Crippen molar-refractivity contribution < 1.29 is 19.4 Å². The van der Waals surface area contributed by atoms with Crippen molar-refractivity contribution in [2.75, 3.05) is 39.6 Å². The second-order valence-electron chi connectivity index (χ2n) is 7.32. The molecule has 7 nitrogen and oxygen atoms in total. The number of benzene rings is 2. The summed E-state index contributed by atoms with van der Waals surface area (Å²) in [5.74, 6) is 0.678. The second-order valence-corrected chi connectivity index (χ2v) is 7.32. The van der Waals surface area contributed by atoms with Crippen molar-refractivity contribution in [2.45, 2.75) is 19.4 Å². The van der Waals surface area contributed by atoms with Crippen molar-refractivity contribution in [2.24, 2.45) is 0 Å². The number of ether oxygens (including phenoxy) is 1. The first-order valence-corrected chi connectivity index (χ1v) is 10.1. The van der Waals surface area contributed by atoms with Crippen LogP contribution in [0.3, 0.4) is 0 Å². The number of hydrogen-bond acceptors (Lipinski definition) is 5. The van der Waals surface area contributed by atoms with Crippen LogP contribution in [0.25, 0.3) is 5.57 Å². The van der Waals surface area contributed by atoms with Gasteiger partial charge < -0.3 is 25.0 Å². The minimum absolute atomic E-state index is 0.0145. The summed E-state index contributed by atoms with van der Waals surface area (Å²) in [6.07, 6.45) is 3.60. The van der Waals surface area contributed by atoms with Gasteiger partial charge in [0.1, 0.15) is 0 Å². The summed E-state index contributed by atoms with van der Waals surface area (Å²) < 4.78 is 4.79. The minimum Gasteiger partial charge on any atom is -0.504 e. The predicted molar refractivity (Wildman–Crippen MR) is 123 cm³/mol. The first-order valence-electron chi connectivity index (χ1n) is 10.1. The van der Waals surface area contributed by atoms with Gasteiger partial charge >= 0.3 is 0 Å². The third-order valence-electron chi connectivity index (χ3n) is 5.09. The molecule has 7 heteroatoms. The highest BCUT2D eigenvalue weighted by Gasteiger charge is 2.25. The monoisotopic (exact) mass is 425 g/mol. The summed E-state index contributed by atoms with van der Waals surface area (Å²) in [7, 11) is 5.05. The van der Waals surface area contributed by atoms with Gasteiger partial charge in [-0.25, -0.2) is 0 Å². The SMILES string of the molecule is CNc1ccccc1C1=CCN(C(=O)CN(C)C=O)[C@@H](C)C1.COc1ccccc1O. The number of nitrogens with one attached hydrogen (secondary N) is 1. The van der Waals surface area contributed by atoms with E-state index >= 15 is 0 Å². The summed E-state index contributed by atoms with van der Waals surface area (Å²) in [5.41, 5.74) is 3.54. The van der Waals surface area contributed by atoms with Crippen LogP contribution in [0.15, 0.2) is 54.6 Å². The van der Waals surface area contributed by atoms with E-state index in [-0.39, 0.29) is 24.2 Å². The number of phenols is 1. The summed E-state index contributed by atoms with van der Waals surface area (Å²) in [5, 5.41) is 12.2. The Labute approximate surface area is 183 Å². The summed E-state index contributed by atoms with van der Waals surface area (Å²) >= 11 is 0. The van der Waals surface area contributed by atoms with Gasteiger partial charge in [-0.3, -0.25) is 9.59 Å². The fourth-order valence-corrected chi connectivity index (χ4v) is 3.42. The van der Waals surface area contributed by atoms with Crippen LogP contribution < -0.4 is 10.1 Å². The zero-order chi connectivity index (χ0) is 22.8. The lowest BCUT2D eigenvalue weighted by Crippen LogP contribution is -2.45. The molecular formula is C24H31N3O4. The smallest absolute Gasteiger partial charge is 0.242 e. The maximum absolute atomic E-state index is 12.2. The highest BCUT2D eigenvalue weighted by molar-refractivity contribution is 5.83. The Bertz CT molecular complexity index is 913. The Kier molecular flexibility index (Phi) is 8.94. The van der Waals surface area contributed by atoms with Crippen molar-refractivity contribution in [3.63, 3.8) is 0 Å². The molecule has 166 valence electrons. The molecule has 1 atom stereocenters. The van der Waals surface area contributed by atoms with Gasteiger partial charge in [0.15, 0.2) is 11.5 Å². The zero-order valence-corrected chi connectivity index (χ0v) is 18.5. The van der Waals surface area contributed by atoms with Gasteiger partial charge in [0.05, 0.1) is 13.7 Å². The Balaban J connectivity index is 0.000000316. The van der Waals surface area contributed by atoms with Gasteiger partial charge in [0, 0.05) is 37.9 Å². The molecule has 0 aromatic heterocycles. The summed E-state index contributed by atoms with van der Waals surface area (Å²) in [6.45, 7) is 2.76. The molecule has 0 unspecified atom stereocenters. The molecule has 2 amide bonds. The van der Waals surface area contributed by atoms with Crippen molar-refractivity contribution in [3.05, 3.63) is 60.2 Å². The number of phenolic OH excluding ortho intramolecular Hbond substituents is 1. The molecule has 2 aromatic rings. The van der Waals surface area contributed by atoms with E-state index in [1.165, 1.54) is 23.1 Å². The number of aromatic hydroxyl groups is 1. The Hall–Kier alpha value is -3.48. The number of para-hydroxylation sites is 3. The number of rotatable bonds is 6. The second kappa shape index (κ2) is 11.6. The molecule has 1 aliphatic heterocycles. The Morgan fingerprint density at radius 3 is 2.52 bits per heavy atom. The van der Waals surface area contributed by atoms with Crippen molar-refractivity contribution >= 4 is 23.6 Å². The topological polar surface area (TPSA) is 82.1 Å². The lowest BCUT2D eigenvalue weighted by atomic mass is 9.93. The fourth-order valence-electron chi connectivity index (χ4n) is 3.42. The number of methoxy groups -OCH3 is 1. The molecule has 0 saturated carbocycles. The van der Waals surface area contributed by atoms with E-state index in [9.17, 15) is 9.59 Å². The van der Waals surface area contributed by atoms with E-state index in [1.807, 2.05) is 31.0 Å². The van der Waals surface area contributed by atoms with E-state index in [0.717, 1.165) is 12.1 Å². The average molecular weight is 426 g/mol. The van der Waals surface area contributed by atoms with Gasteiger partial charge in [0.2, 0.25) is 12.3 Å². The van der Waals surface area contributed by atoms with Gasteiger partial charge in [-0.15, -0.1) is 0 Å². The molecule has 0 bridgehead atoms. The maximum Gasteiger partial charge on any atom is 0.242 e. The third-order valence-corrected chi connectivity index (χ3v) is 5.09. The Morgan fingerprint density at radius 1 is 1.26 bits per heavy atom. The molecule has 0 aliphatic carbocycles. The van der Waals surface area contributed by atoms with E-state index < -0.39 is 0 Å². The van der Waals surface area contributed by atoms with Crippen LogP contribution in [0, 0.1) is 0 Å². The zero-order valence-electron chi connectivity index (χ0n) is 18.5. The molecule has 3 rings (SSSR count). The molecule has 1 aliphatic rings. The highest BCUT2D eigenvalue weighted by Crippen LogP contribution is 2.31. The fraction of sp³-hybridized carbons (Fsp3) is 0.333. The minimum atomic E-state index is -0.0145. The van der Waals surface area contributed by atoms with E-state index in [1.54, 1.807) is 31.3 Å². The van der Waals surface area contributed by atoms with Crippen LogP contribution >= 0.6 is 0 Å². The molecule has 0 radical (unpaired) electrons. The van der Waals surface area contributed by atoms with Gasteiger partial charge in [-0.1, -0.05) is 36.4 Å². The number of hydrogen-bond donors (Lipinski definition) is 2. The summed E-state index contributed by atoms with van der Waals surface area (Å²) in [4.78, 5) is 26.1. The molecule has 31 heavy (non-hydrogen) atoms. The van der Waals surface area contributed by atoms with Crippen LogP contribution in [-0.2, 0) is 9.59 Å². The third kappa shape index (κ3) is 6.50. The van der Waals surface area contributed by atoms with Gasteiger partial charge in [-0.05, 0) is 37.1 Å². The number of amides is 2. The number of nitrogens with zero attached hydrogens (tertiary/aromatic N) is 2. The lowest BCUT2D eigenvalue weighted by Gasteiger charge is -2.34. The normalized spacial score (nSPS) is 15.2. The van der Waals surface area contributed by atoms with Crippen LogP contribution in [0.1, 0.15) is 18.9 Å². The summed E-state index contributed by atoms with van der Waals surface area (Å²) in [6, 6.07) is 15.1. The molecular weight excluding hydrogens is 394 g/mol. The standard InChI is InChI=1S/C17H23N3O2.C7H8O2/c1-13-10-14(15-6-4-5-7-16(15)18-2)8-9-20(13)17(22)11-19(3)12-21;1-9-7-5-3-2-4-6(7)8/h4-8,12-13,18H,9-11H2,1-3H3;2-5,8H,1H3/t13-;/m0./s1. The maximum atomic E-state index is 12.2. The van der Waals surface area contributed by atoms with Crippen molar-refractivity contribution in [3.8, 4) is 11.5 Å². The largest absolute Gasteiger partial charge is 0.504 e. The number of carbonyl (C=O) groups is 2. The van der Waals surface area contributed by atoms with Crippen LogP contribution in [0.5, 0.6) is 11.5 Å². The van der Waals surface area contributed by atoms with Crippen LogP contribution in [-0.4, -0.2) is 67.6 Å². The molecule has 0 spiro atoms. The van der Waals surface area contributed by atoms with Crippen molar-refractivity contribution in [1.29, 1.82) is 0 Å². The van der Waals surface area contributed by atoms with Crippen LogP contribution in [0.4, 0.5) is 5.69 Å². The van der Waals surface area contributed by atoms with Crippen LogP contribution in [0.2, 0.25) is 0 Å². The molecule has 2 N–H and O–H groups in total. The van der Waals surface area contributed by atoms with E-state index in [0.29, 0.717) is 18.7 Å². The van der Waals surface area contributed by atoms with E-state index in [4.69, 9.17) is 9.84 Å². The molecule has 0 fully saturated rings.